The van der Waals surface area contributed by atoms with Gasteiger partial charge in [0, 0.05) is 36.3 Å². The van der Waals surface area contributed by atoms with Gasteiger partial charge in [-0.2, -0.15) is 5.26 Å². The quantitative estimate of drug-likeness (QED) is 0.249. The maximum atomic E-state index is 13.5. The van der Waals surface area contributed by atoms with Gasteiger partial charge in [-0.25, -0.2) is 5.10 Å². The number of benzene rings is 2. The molecule has 0 radical (unpaired) electrons. The van der Waals surface area contributed by atoms with Gasteiger partial charge in [0.05, 0.1) is 18.0 Å². The van der Waals surface area contributed by atoms with Crippen molar-refractivity contribution in [2.75, 3.05) is 19.6 Å². The van der Waals surface area contributed by atoms with Gasteiger partial charge in [0.15, 0.2) is 5.82 Å². The van der Waals surface area contributed by atoms with Crippen LogP contribution in [0.1, 0.15) is 95.8 Å². The molecule has 1 saturated heterocycles. The van der Waals surface area contributed by atoms with Gasteiger partial charge in [-0.3, -0.25) is 14.4 Å². The number of aryl methyl sites for hydroxylation is 2. The van der Waals surface area contributed by atoms with Crippen LogP contribution in [-0.2, 0) is 23.1 Å². The van der Waals surface area contributed by atoms with E-state index in [0.717, 1.165) is 35.1 Å². The zero-order chi connectivity index (χ0) is 33.3. The number of hydrogen-bond donors (Lipinski definition) is 4. The molecule has 1 aliphatic heterocycles. The van der Waals surface area contributed by atoms with Crippen molar-refractivity contribution < 1.29 is 14.4 Å². The molecule has 0 bridgehead atoms. The first-order valence-electron chi connectivity index (χ1n) is 16.7. The lowest BCUT2D eigenvalue weighted by Crippen LogP contribution is -2.49. The Bertz CT molecular complexity index is 1630. The molecule has 3 aromatic rings. The molecule has 1 aromatic heterocycles. The summed E-state index contributed by atoms with van der Waals surface area (Å²) in [5.74, 6) is 0.759. The van der Waals surface area contributed by atoms with Crippen LogP contribution in [0.2, 0.25) is 0 Å². The average Bonchev–Trinajstić information content (AvgIpc) is 3.45. The highest BCUT2D eigenvalue weighted by Crippen LogP contribution is 2.49. The number of rotatable bonds is 11. The molecule has 4 atom stereocenters. The van der Waals surface area contributed by atoms with Gasteiger partial charge < -0.3 is 20.9 Å². The second-order valence-corrected chi connectivity index (χ2v) is 13.3. The van der Waals surface area contributed by atoms with Crippen LogP contribution in [0.5, 0.6) is 0 Å². The van der Waals surface area contributed by atoms with Crippen molar-refractivity contribution in [2.45, 2.75) is 83.3 Å². The van der Waals surface area contributed by atoms with Crippen LogP contribution in [0.4, 0.5) is 0 Å². The van der Waals surface area contributed by atoms with Gasteiger partial charge in [0.2, 0.25) is 5.91 Å². The topological polar surface area (TPSA) is 169 Å². The van der Waals surface area contributed by atoms with Gasteiger partial charge in [-0.05, 0) is 115 Å². The van der Waals surface area contributed by atoms with E-state index in [2.05, 4.69) is 56.5 Å². The second kappa shape index (κ2) is 13.2. The van der Waals surface area contributed by atoms with Crippen LogP contribution in [0.3, 0.4) is 0 Å². The van der Waals surface area contributed by atoms with Gasteiger partial charge in [0.1, 0.15) is 6.04 Å². The highest BCUT2D eigenvalue weighted by Gasteiger charge is 2.54. The predicted octanol–water partition coefficient (Wildman–Crippen LogP) is 2.65. The van der Waals surface area contributed by atoms with Crippen molar-refractivity contribution in [1.29, 1.82) is 5.26 Å². The minimum Gasteiger partial charge on any atom is -0.352 e. The van der Waals surface area contributed by atoms with E-state index < -0.39 is 5.41 Å². The summed E-state index contributed by atoms with van der Waals surface area (Å²) in [5, 5.41) is 34.7. The molecule has 3 amide bonds. The van der Waals surface area contributed by atoms with E-state index in [1.165, 1.54) is 0 Å². The molecule has 0 spiro atoms. The largest absolute Gasteiger partial charge is 0.352 e. The van der Waals surface area contributed by atoms with Crippen LogP contribution in [0, 0.1) is 23.2 Å². The number of nitriles is 1. The summed E-state index contributed by atoms with van der Waals surface area (Å²) in [4.78, 5) is 41.2. The molecule has 2 aliphatic carbocycles. The molecule has 4 N–H and O–H groups in total. The summed E-state index contributed by atoms with van der Waals surface area (Å²) in [6.45, 7) is 9.17. The first-order valence-corrected chi connectivity index (χ1v) is 16.7. The Hall–Kier alpha value is -4.63. The van der Waals surface area contributed by atoms with Crippen molar-refractivity contribution in [3.63, 3.8) is 0 Å². The molecule has 2 aromatic carbocycles. The third-order valence-electron chi connectivity index (χ3n) is 10.1. The Morgan fingerprint density at radius 2 is 1.62 bits per heavy atom. The summed E-state index contributed by atoms with van der Waals surface area (Å²) in [6.07, 6.45) is 3.51. The van der Waals surface area contributed by atoms with Gasteiger partial charge in [0.25, 0.3) is 11.8 Å². The Kier molecular flexibility index (Phi) is 9.10. The molecular formula is C35H43N9O3. The third-order valence-corrected chi connectivity index (χ3v) is 10.1. The lowest BCUT2D eigenvalue weighted by molar-refractivity contribution is -0.131. The minimum absolute atomic E-state index is 0.0533. The Labute approximate surface area is 275 Å². The molecular weight excluding hydrogens is 594 g/mol. The number of nitrogens with one attached hydrogen (secondary N) is 4. The Balaban J connectivity index is 1.45. The summed E-state index contributed by atoms with van der Waals surface area (Å²) in [6, 6.07) is 13.6. The van der Waals surface area contributed by atoms with Crippen LogP contribution in [0.25, 0.3) is 0 Å². The molecule has 246 valence electrons. The average molecular weight is 638 g/mol. The third kappa shape index (κ3) is 6.00. The number of nitrogens with zero attached hydrogens (tertiary/aromatic N) is 5. The van der Waals surface area contributed by atoms with E-state index in [9.17, 15) is 19.6 Å². The fourth-order valence-electron chi connectivity index (χ4n) is 7.68. The number of likely N-dealkylation sites (tertiary alicyclic amines) is 1. The normalized spacial score (nSPS) is 21.1. The number of carbonyl (C=O) groups is 3. The first kappa shape index (κ1) is 32.3. The number of amides is 3. The summed E-state index contributed by atoms with van der Waals surface area (Å²) >= 11 is 0. The van der Waals surface area contributed by atoms with E-state index in [1.54, 1.807) is 4.90 Å². The van der Waals surface area contributed by atoms with Crippen LogP contribution in [-0.4, -0.2) is 81.0 Å². The second-order valence-electron chi connectivity index (χ2n) is 13.3. The molecule has 1 saturated carbocycles. The molecule has 3 aliphatic rings. The number of aromatic amines is 1. The van der Waals surface area contributed by atoms with E-state index in [1.807, 2.05) is 50.2 Å². The van der Waals surface area contributed by atoms with E-state index in [0.29, 0.717) is 55.2 Å². The van der Waals surface area contributed by atoms with E-state index in [-0.39, 0.29) is 48.3 Å². The van der Waals surface area contributed by atoms with Crippen LogP contribution >= 0.6 is 0 Å². The van der Waals surface area contributed by atoms with Gasteiger partial charge in [-0.15, -0.1) is 5.10 Å². The monoisotopic (exact) mass is 637 g/mol. The zero-order valence-electron chi connectivity index (χ0n) is 27.5. The molecule has 6 rings (SSSR count). The van der Waals surface area contributed by atoms with Gasteiger partial charge >= 0.3 is 0 Å². The lowest BCUT2D eigenvalue weighted by atomic mass is 9.66. The molecule has 2 heterocycles. The maximum Gasteiger partial charge on any atom is 0.251 e. The molecule has 2 fully saturated rings. The number of hydrogen-bond acceptors (Lipinski definition) is 8. The smallest absolute Gasteiger partial charge is 0.251 e. The minimum atomic E-state index is -0.903. The van der Waals surface area contributed by atoms with Crippen molar-refractivity contribution >= 4 is 17.7 Å². The number of aromatic nitrogens is 4. The van der Waals surface area contributed by atoms with Crippen molar-refractivity contribution in [1.82, 2.24) is 41.5 Å². The van der Waals surface area contributed by atoms with E-state index in [4.69, 9.17) is 0 Å². The van der Waals surface area contributed by atoms with E-state index >= 15 is 0 Å². The zero-order valence-corrected chi connectivity index (χ0v) is 27.5. The standard InChI is InChI=1S/C35H43N9O3/c1-5-37-32(46)23-9-11-27-21(13-23)7-8-22-14-24(33(47)38-6-2)10-12-28(22)35(27,34-40-42-43-41-34)17-29(20(3)4)39-19-31(45)44-26(18-36)15-25-16-30(25)44/h9-14,20,25-26,29-30,39H,5-8,15-17,19H2,1-4H3,(H,37,46)(H,38,47)(H,40,41,42,43)/t25-,26+,29-,30+/m1/s1. The highest BCUT2D eigenvalue weighted by molar-refractivity contribution is 5.95. The Morgan fingerprint density at radius 1 is 1.00 bits per heavy atom. The van der Waals surface area contributed by atoms with Crippen LogP contribution in [0.15, 0.2) is 36.4 Å². The van der Waals surface area contributed by atoms with Gasteiger partial charge in [-0.1, -0.05) is 26.0 Å². The SMILES string of the molecule is CCNC(=O)c1ccc2c(c1)CCc1cc(C(=O)NCC)ccc1C2(C[C@@H](NCC(=O)N1[C@H](C#N)C[C@@H]2C[C@@H]21)C(C)C)c1nnn[nH]1. The number of fused-ring (bicyclic) bond motifs is 3. The number of tetrazole rings is 1. The summed E-state index contributed by atoms with van der Waals surface area (Å²) < 4.78 is 0. The highest BCUT2D eigenvalue weighted by atomic mass is 16.2. The number of H-pyrrole nitrogens is 1. The molecule has 0 unspecified atom stereocenters. The number of piperidine rings is 1. The summed E-state index contributed by atoms with van der Waals surface area (Å²) in [7, 11) is 0. The Morgan fingerprint density at radius 3 is 2.13 bits per heavy atom. The fraction of sp³-hybridized carbons (Fsp3) is 0.514. The predicted molar refractivity (Wildman–Crippen MR) is 174 cm³/mol. The maximum absolute atomic E-state index is 13.5. The summed E-state index contributed by atoms with van der Waals surface area (Å²) in [5.41, 5.74) is 4.17. The van der Waals surface area contributed by atoms with Crippen molar-refractivity contribution in [3.05, 3.63) is 75.6 Å². The molecule has 47 heavy (non-hydrogen) atoms. The van der Waals surface area contributed by atoms with Crippen LogP contribution < -0.4 is 16.0 Å². The first-order chi connectivity index (χ1) is 22.7. The van der Waals surface area contributed by atoms with Crippen molar-refractivity contribution in [3.8, 4) is 6.07 Å². The lowest BCUT2D eigenvalue weighted by Gasteiger charge is -2.39. The molecule has 12 heteroatoms. The fourth-order valence-corrected chi connectivity index (χ4v) is 7.68. The number of carbonyl (C=O) groups excluding carboxylic acids is 3. The van der Waals surface area contributed by atoms with Crippen molar-refractivity contribution in [2.24, 2.45) is 11.8 Å². The molecule has 12 nitrogen and oxygen atoms in total.